The molecule has 3 rings (SSSR count). The van der Waals surface area contributed by atoms with Crippen molar-refractivity contribution in [2.24, 2.45) is 0 Å². The highest BCUT2D eigenvalue weighted by molar-refractivity contribution is 5.71. The van der Waals surface area contributed by atoms with Gasteiger partial charge in [-0.1, -0.05) is 42.5 Å². The number of ether oxygens (including phenoxy) is 3. The Morgan fingerprint density at radius 3 is 2.10 bits per heavy atom. The number of rotatable bonds is 9. The highest BCUT2D eigenvalue weighted by Crippen LogP contribution is 2.35. The van der Waals surface area contributed by atoms with Gasteiger partial charge in [0.15, 0.2) is 11.5 Å². The highest BCUT2D eigenvalue weighted by atomic mass is 16.5. The molecule has 0 saturated heterocycles. The summed E-state index contributed by atoms with van der Waals surface area (Å²) in [7, 11) is 4.89. The molecular weight excluding hydrogens is 366 g/mol. The highest BCUT2D eigenvalue weighted by Gasteiger charge is 2.14. The zero-order valence-corrected chi connectivity index (χ0v) is 17.0. The molecule has 1 atom stereocenters. The topological polar surface area (TPSA) is 60.0 Å². The first kappa shape index (κ1) is 20.7. The molecule has 1 unspecified atom stereocenters. The Morgan fingerprint density at radius 1 is 0.828 bits per heavy atom. The molecule has 0 spiro atoms. The zero-order chi connectivity index (χ0) is 20.6. The normalized spacial score (nSPS) is 11.7. The zero-order valence-electron chi connectivity index (χ0n) is 17.0. The molecule has 152 valence electrons. The van der Waals surface area contributed by atoms with Gasteiger partial charge in [0, 0.05) is 13.1 Å². The lowest BCUT2D eigenvalue weighted by molar-refractivity contribution is 0.174. The summed E-state index contributed by atoms with van der Waals surface area (Å²) < 4.78 is 16.1. The predicted molar refractivity (Wildman–Crippen MR) is 115 cm³/mol. The minimum Gasteiger partial charge on any atom is -0.497 e. The van der Waals surface area contributed by atoms with Crippen molar-refractivity contribution in [1.82, 2.24) is 5.32 Å². The number of methoxy groups -OCH3 is 3. The van der Waals surface area contributed by atoms with Gasteiger partial charge in [0.2, 0.25) is 0 Å². The third-order valence-electron chi connectivity index (χ3n) is 4.85. The van der Waals surface area contributed by atoms with Gasteiger partial charge in [-0.15, -0.1) is 0 Å². The SMILES string of the molecule is COc1ccc(C(O)CNCc2cc(OC)c(OC)cc2-c2ccccc2)cc1. The Balaban J connectivity index is 1.76. The summed E-state index contributed by atoms with van der Waals surface area (Å²) >= 11 is 0. The maximum atomic E-state index is 10.5. The van der Waals surface area contributed by atoms with Gasteiger partial charge in [0.1, 0.15) is 5.75 Å². The quantitative estimate of drug-likeness (QED) is 0.571. The second kappa shape index (κ2) is 9.96. The molecule has 3 aromatic carbocycles. The minimum absolute atomic E-state index is 0.425. The molecule has 0 heterocycles. The minimum atomic E-state index is -0.610. The third-order valence-corrected chi connectivity index (χ3v) is 4.85. The Hall–Kier alpha value is -3.02. The summed E-state index contributed by atoms with van der Waals surface area (Å²) in [4.78, 5) is 0. The third kappa shape index (κ3) is 5.08. The van der Waals surface area contributed by atoms with Crippen LogP contribution < -0.4 is 19.5 Å². The van der Waals surface area contributed by atoms with Crippen molar-refractivity contribution in [3.8, 4) is 28.4 Å². The summed E-state index contributed by atoms with van der Waals surface area (Å²) in [5.74, 6) is 2.14. The molecule has 0 aliphatic carbocycles. The van der Waals surface area contributed by atoms with E-state index in [1.54, 1.807) is 21.3 Å². The van der Waals surface area contributed by atoms with E-state index in [1.807, 2.05) is 54.6 Å². The fourth-order valence-electron chi connectivity index (χ4n) is 3.24. The summed E-state index contributed by atoms with van der Waals surface area (Å²) in [5, 5.41) is 13.8. The lowest BCUT2D eigenvalue weighted by Crippen LogP contribution is -2.21. The number of aliphatic hydroxyl groups is 1. The first-order valence-electron chi connectivity index (χ1n) is 9.49. The van der Waals surface area contributed by atoms with Gasteiger partial charge in [-0.25, -0.2) is 0 Å². The number of aliphatic hydroxyl groups excluding tert-OH is 1. The average molecular weight is 393 g/mol. The van der Waals surface area contributed by atoms with Crippen LogP contribution in [0.15, 0.2) is 66.7 Å². The standard InChI is InChI=1S/C24H27NO4/c1-27-20-11-9-18(10-12-20)22(26)16-25-15-19-13-23(28-2)24(29-3)14-21(19)17-7-5-4-6-8-17/h4-14,22,25-26H,15-16H2,1-3H3. The molecule has 0 aliphatic rings. The first-order chi connectivity index (χ1) is 14.2. The van der Waals surface area contributed by atoms with Gasteiger partial charge >= 0.3 is 0 Å². The Morgan fingerprint density at radius 2 is 1.48 bits per heavy atom. The Labute approximate surface area is 171 Å². The molecule has 0 amide bonds. The maximum Gasteiger partial charge on any atom is 0.161 e. The van der Waals surface area contributed by atoms with Gasteiger partial charge in [-0.2, -0.15) is 0 Å². The van der Waals surface area contributed by atoms with Gasteiger partial charge in [0.05, 0.1) is 27.4 Å². The molecule has 0 fully saturated rings. The van der Waals surface area contributed by atoms with E-state index in [1.165, 1.54) is 0 Å². The van der Waals surface area contributed by atoms with Crippen LogP contribution in [0.25, 0.3) is 11.1 Å². The Bertz CT molecular complexity index is 910. The molecule has 0 aliphatic heterocycles. The number of benzene rings is 3. The largest absolute Gasteiger partial charge is 0.497 e. The molecule has 0 bridgehead atoms. The van der Waals surface area contributed by atoms with Crippen LogP contribution in [0.5, 0.6) is 17.2 Å². The van der Waals surface area contributed by atoms with Gasteiger partial charge in [-0.3, -0.25) is 0 Å². The van der Waals surface area contributed by atoms with Crippen molar-refractivity contribution in [3.63, 3.8) is 0 Å². The number of hydrogen-bond acceptors (Lipinski definition) is 5. The molecule has 0 radical (unpaired) electrons. The molecule has 2 N–H and O–H groups in total. The summed E-state index contributed by atoms with van der Waals surface area (Å²) in [5.41, 5.74) is 4.07. The van der Waals surface area contributed by atoms with E-state index in [0.717, 1.165) is 28.0 Å². The van der Waals surface area contributed by atoms with Gasteiger partial charge < -0.3 is 24.6 Å². The van der Waals surface area contributed by atoms with Crippen molar-refractivity contribution in [1.29, 1.82) is 0 Å². The van der Waals surface area contributed by atoms with Crippen molar-refractivity contribution in [2.75, 3.05) is 27.9 Å². The van der Waals surface area contributed by atoms with E-state index < -0.39 is 6.10 Å². The first-order valence-corrected chi connectivity index (χ1v) is 9.49. The van der Waals surface area contributed by atoms with Crippen LogP contribution >= 0.6 is 0 Å². The van der Waals surface area contributed by atoms with E-state index in [4.69, 9.17) is 14.2 Å². The summed E-state index contributed by atoms with van der Waals surface area (Å²) in [6.45, 7) is 1.01. The second-order valence-corrected chi connectivity index (χ2v) is 6.65. The van der Waals surface area contributed by atoms with Gasteiger partial charge in [0.25, 0.3) is 0 Å². The average Bonchev–Trinajstić information content (AvgIpc) is 2.79. The van der Waals surface area contributed by atoms with Crippen molar-refractivity contribution < 1.29 is 19.3 Å². The number of nitrogens with one attached hydrogen (secondary N) is 1. The van der Waals surface area contributed by atoms with Gasteiger partial charge in [-0.05, 0) is 46.5 Å². The van der Waals surface area contributed by atoms with Crippen LogP contribution in [0, 0.1) is 0 Å². The van der Waals surface area contributed by atoms with Crippen molar-refractivity contribution in [3.05, 3.63) is 77.9 Å². The predicted octanol–water partition coefficient (Wildman–Crippen LogP) is 4.20. The Kier molecular flexibility index (Phi) is 7.11. The van der Waals surface area contributed by atoms with Crippen LogP contribution in [0.2, 0.25) is 0 Å². The van der Waals surface area contributed by atoms with E-state index in [0.29, 0.717) is 24.6 Å². The van der Waals surface area contributed by atoms with Crippen LogP contribution in [-0.4, -0.2) is 33.0 Å². The number of hydrogen-bond donors (Lipinski definition) is 2. The van der Waals surface area contributed by atoms with Crippen LogP contribution in [0.4, 0.5) is 0 Å². The summed E-state index contributed by atoms with van der Waals surface area (Å²) in [6, 6.07) is 21.6. The maximum absolute atomic E-state index is 10.5. The molecule has 5 heteroatoms. The smallest absolute Gasteiger partial charge is 0.161 e. The van der Waals surface area contributed by atoms with E-state index in [9.17, 15) is 5.11 Å². The van der Waals surface area contributed by atoms with Crippen LogP contribution in [0.1, 0.15) is 17.2 Å². The van der Waals surface area contributed by atoms with Crippen molar-refractivity contribution in [2.45, 2.75) is 12.6 Å². The second-order valence-electron chi connectivity index (χ2n) is 6.65. The van der Waals surface area contributed by atoms with E-state index in [2.05, 4.69) is 17.4 Å². The molecule has 0 aromatic heterocycles. The lowest BCUT2D eigenvalue weighted by Gasteiger charge is -2.17. The molecule has 3 aromatic rings. The molecule has 5 nitrogen and oxygen atoms in total. The molecule has 0 saturated carbocycles. The molecule has 29 heavy (non-hydrogen) atoms. The fraction of sp³-hybridized carbons (Fsp3) is 0.250. The fourth-order valence-corrected chi connectivity index (χ4v) is 3.24. The lowest BCUT2D eigenvalue weighted by atomic mass is 9.98. The van der Waals surface area contributed by atoms with Crippen LogP contribution in [0.3, 0.4) is 0 Å². The van der Waals surface area contributed by atoms with Crippen molar-refractivity contribution >= 4 is 0 Å². The van der Waals surface area contributed by atoms with E-state index >= 15 is 0 Å². The van der Waals surface area contributed by atoms with E-state index in [-0.39, 0.29) is 0 Å². The monoisotopic (exact) mass is 393 g/mol. The summed E-state index contributed by atoms with van der Waals surface area (Å²) in [6.07, 6.45) is -0.610. The van der Waals surface area contributed by atoms with Crippen LogP contribution in [-0.2, 0) is 6.54 Å². The molecular formula is C24H27NO4.